The molecule has 0 N–H and O–H groups in total. The van der Waals surface area contributed by atoms with Gasteiger partial charge < -0.3 is 4.84 Å². The zero-order valence-electron chi connectivity index (χ0n) is 10.8. The second-order valence-corrected chi connectivity index (χ2v) is 5.15. The highest BCUT2D eigenvalue weighted by Crippen LogP contribution is 2.33. The number of alkyl halides is 3. The number of piperidine rings is 1. The second-order valence-electron chi connectivity index (χ2n) is 4.75. The van der Waals surface area contributed by atoms with E-state index < -0.39 is 18.0 Å². The number of hydroxylamine groups is 2. The van der Waals surface area contributed by atoms with Gasteiger partial charge in [0.25, 0.3) is 0 Å². The minimum Gasteiger partial charge on any atom is -0.361 e. The highest BCUT2D eigenvalue weighted by atomic mass is 35.5. The highest BCUT2D eigenvalue weighted by molar-refractivity contribution is 6.31. The number of hydrogen-bond donors (Lipinski definition) is 0. The minimum absolute atomic E-state index is 0.000983. The monoisotopic (exact) mass is 325 g/mol. The van der Waals surface area contributed by atoms with E-state index in [1.807, 2.05) is 0 Å². The Hall–Kier alpha value is -1.34. The summed E-state index contributed by atoms with van der Waals surface area (Å²) >= 11 is 5.96. The quantitative estimate of drug-likeness (QED) is 0.777. The predicted molar refractivity (Wildman–Crippen MR) is 67.1 cm³/mol. The van der Waals surface area contributed by atoms with Crippen LogP contribution in [0.2, 0.25) is 5.02 Å². The van der Waals surface area contributed by atoms with Gasteiger partial charge in [-0.25, -0.2) is 9.18 Å². The van der Waals surface area contributed by atoms with Gasteiger partial charge in [-0.1, -0.05) is 17.7 Å². The molecule has 8 heteroatoms. The van der Waals surface area contributed by atoms with E-state index in [1.54, 1.807) is 6.07 Å². The van der Waals surface area contributed by atoms with Crippen LogP contribution in [0.1, 0.15) is 24.3 Å². The Kier molecular flexibility index (Phi) is 4.73. The van der Waals surface area contributed by atoms with Gasteiger partial charge in [-0.2, -0.15) is 13.2 Å². The van der Waals surface area contributed by atoms with Crippen molar-refractivity contribution in [2.75, 3.05) is 13.1 Å². The molecular weight excluding hydrogens is 314 g/mol. The molecule has 0 radical (unpaired) electrons. The van der Waals surface area contributed by atoms with E-state index in [9.17, 15) is 22.4 Å². The van der Waals surface area contributed by atoms with Crippen molar-refractivity contribution < 1.29 is 27.2 Å². The summed E-state index contributed by atoms with van der Waals surface area (Å²) in [6, 6.07) is 4.06. The lowest BCUT2D eigenvalue weighted by Crippen LogP contribution is -2.39. The Morgan fingerprint density at radius 3 is 2.43 bits per heavy atom. The van der Waals surface area contributed by atoms with Gasteiger partial charge in [-0.15, -0.1) is 5.06 Å². The third-order valence-corrected chi connectivity index (χ3v) is 3.63. The first-order valence-corrected chi connectivity index (χ1v) is 6.64. The van der Waals surface area contributed by atoms with Crippen molar-refractivity contribution in [3.8, 4) is 0 Å². The minimum atomic E-state index is -5.00. The van der Waals surface area contributed by atoms with Crippen molar-refractivity contribution in [3.05, 3.63) is 34.6 Å². The average molecular weight is 326 g/mol. The number of nitrogens with zero attached hydrogens (tertiary/aromatic N) is 1. The Labute approximate surface area is 123 Å². The molecule has 21 heavy (non-hydrogen) atoms. The number of carbonyl (C=O) groups excluding carboxylic acids is 1. The highest BCUT2D eigenvalue weighted by Gasteiger charge is 2.43. The summed E-state index contributed by atoms with van der Waals surface area (Å²) in [6.45, 7) is 0.334. The Morgan fingerprint density at radius 2 is 1.90 bits per heavy atom. The van der Waals surface area contributed by atoms with Crippen LogP contribution >= 0.6 is 11.6 Å². The van der Waals surface area contributed by atoms with Gasteiger partial charge in [-0.3, -0.25) is 0 Å². The van der Waals surface area contributed by atoms with Crippen LogP contribution in [0.15, 0.2) is 18.2 Å². The molecule has 1 fully saturated rings. The van der Waals surface area contributed by atoms with Gasteiger partial charge in [0, 0.05) is 18.1 Å². The molecule has 1 saturated heterocycles. The van der Waals surface area contributed by atoms with Crippen molar-refractivity contribution in [1.29, 1.82) is 0 Å². The molecule has 1 aliphatic rings. The van der Waals surface area contributed by atoms with Crippen molar-refractivity contribution >= 4 is 17.6 Å². The smallest absolute Gasteiger partial charge is 0.361 e. The summed E-state index contributed by atoms with van der Waals surface area (Å²) in [5.41, 5.74) is 0.750. The molecule has 0 bridgehead atoms. The Bertz CT molecular complexity index is 527. The number of rotatable bonds is 2. The summed E-state index contributed by atoms with van der Waals surface area (Å²) in [7, 11) is 0. The van der Waals surface area contributed by atoms with Gasteiger partial charge in [0.1, 0.15) is 5.82 Å². The van der Waals surface area contributed by atoms with Gasteiger partial charge in [0.2, 0.25) is 0 Å². The van der Waals surface area contributed by atoms with Crippen LogP contribution in [0, 0.1) is 5.82 Å². The number of halogens is 5. The van der Waals surface area contributed by atoms with Crippen LogP contribution in [0.4, 0.5) is 17.6 Å². The third-order valence-electron chi connectivity index (χ3n) is 3.30. The first kappa shape index (κ1) is 16.0. The summed E-state index contributed by atoms with van der Waals surface area (Å²) < 4.78 is 49.2. The average Bonchev–Trinajstić information content (AvgIpc) is 2.39. The van der Waals surface area contributed by atoms with Crippen molar-refractivity contribution in [2.45, 2.75) is 24.9 Å². The zero-order valence-corrected chi connectivity index (χ0v) is 11.5. The van der Waals surface area contributed by atoms with Crippen LogP contribution in [-0.2, 0) is 9.63 Å². The lowest BCUT2D eigenvalue weighted by molar-refractivity contribution is -0.241. The topological polar surface area (TPSA) is 29.5 Å². The Balaban J connectivity index is 1.93. The van der Waals surface area contributed by atoms with E-state index in [0.717, 1.165) is 10.6 Å². The van der Waals surface area contributed by atoms with E-state index in [1.165, 1.54) is 12.1 Å². The molecule has 0 unspecified atom stereocenters. The molecule has 1 aliphatic heterocycles. The van der Waals surface area contributed by atoms with E-state index >= 15 is 0 Å². The van der Waals surface area contributed by atoms with Crippen molar-refractivity contribution in [3.63, 3.8) is 0 Å². The molecule has 0 aromatic heterocycles. The summed E-state index contributed by atoms with van der Waals surface area (Å²) in [5, 5.41) is 1.28. The molecule has 0 spiro atoms. The fraction of sp³-hybridized carbons (Fsp3) is 0.462. The fourth-order valence-corrected chi connectivity index (χ4v) is 2.58. The second kappa shape index (κ2) is 6.19. The first-order chi connectivity index (χ1) is 9.77. The van der Waals surface area contributed by atoms with E-state index in [2.05, 4.69) is 4.84 Å². The molecule has 0 aliphatic carbocycles. The zero-order chi connectivity index (χ0) is 15.6. The summed E-state index contributed by atoms with van der Waals surface area (Å²) in [5.74, 6) is -2.67. The van der Waals surface area contributed by atoms with E-state index in [4.69, 9.17) is 11.6 Å². The van der Waals surface area contributed by atoms with Crippen LogP contribution < -0.4 is 0 Å². The summed E-state index contributed by atoms with van der Waals surface area (Å²) in [4.78, 5) is 15.0. The fourth-order valence-electron chi connectivity index (χ4n) is 2.26. The molecule has 2 rings (SSSR count). The van der Waals surface area contributed by atoms with Crippen molar-refractivity contribution in [2.24, 2.45) is 0 Å². The third kappa shape index (κ3) is 4.07. The standard InChI is InChI=1S/C13H12ClF4NO2/c14-11-7-9(15)1-2-10(11)8-3-5-19(6-4-8)21-12(20)13(16,17)18/h1-2,7-8H,3-6H2. The molecule has 0 amide bonds. The first-order valence-electron chi connectivity index (χ1n) is 6.26. The lowest BCUT2D eigenvalue weighted by Gasteiger charge is -2.31. The van der Waals surface area contributed by atoms with E-state index in [0.29, 0.717) is 17.9 Å². The molecule has 0 atom stereocenters. The van der Waals surface area contributed by atoms with Crippen LogP contribution in [0.25, 0.3) is 0 Å². The molecule has 0 saturated carbocycles. The summed E-state index contributed by atoms with van der Waals surface area (Å²) in [6.07, 6.45) is -4.07. The Morgan fingerprint density at radius 1 is 1.29 bits per heavy atom. The SMILES string of the molecule is O=C(ON1CCC(c2ccc(F)cc2Cl)CC1)C(F)(F)F. The number of hydrogen-bond acceptors (Lipinski definition) is 3. The largest absolute Gasteiger partial charge is 0.492 e. The number of carbonyl (C=O) groups is 1. The van der Waals surface area contributed by atoms with Crippen LogP contribution in [-0.4, -0.2) is 30.3 Å². The lowest BCUT2D eigenvalue weighted by atomic mass is 9.90. The van der Waals surface area contributed by atoms with Crippen LogP contribution in [0.5, 0.6) is 0 Å². The molecular formula is C13H12ClF4NO2. The number of benzene rings is 1. The predicted octanol–water partition coefficient (Wildman–Crippen LogP) is 3.68. The van der Waals surface area contributed by atoms with E-state index in [-0.39, 0.29) is 19.0 Å². The molecule has 1 aromatic rings. The molecule has 3 nitrogen and oxygen atoms in total. The van der Waals surface area contributed by atoms with Gasteiger partial charge in [-0.05, 0) is 36.5 Å². The maximum absolute atomic E-state index is 13.0. The van der Waals surface area contributed by atoms with Gasteiger partial charge in [0.15, 0.2) is 0 Å². The normalized spacial score (nSPS) is 17.8. The van der Waals surface area contributed by atoms with Gasteiger partial charge in [0.05, 0.1) is 0 Å². The maximum atomic E-state index is 13.0. The van der Waals surface area contributed by atoms with Crippen LogP contribution in [0.3, 0.4) is 0 Å². The maximum Gasteiger partial charge on any atom is 0.492 e. The van der Waals surface area contributed by atoms with Gasteiger partial charge >= 0.3 is 12.1 Å². The van der Waals surface area contributed by atoms with Crippen molar-refractivity contribution in [1.82, 2.24) is 5.06 Å². The molecule has 1 heterocycles. The molecule has 116 valence electrons. The molecule has 1 aromatic carbocycles.